The molecule has 1 unspecified atom stereocenters. The molecule has 0 spiro atoms. The Morgan fingerprint density at radius 2 is 1.89 bits per heavy atom. The van der Waals surface area contributed by atoms with Crippen LogP contribution in [0.3, 0.4) is 0 Å². The van der Waals surface area contributed by atoms with E-state index in [4.69, 9.17) is 9.47 Å². The molecule has 0 bridgehead atoms. The maximum absolute atomic E-state index is 5.33. The quantitative estimate of drug-likeness (QED) is 0.722. The van der Waals surface area contributed by atoms with Crippen molar-refractivity contribution in [2.45, 2.75) is 19.9 Å². The van der Waals surface area contributed by atoms with Crippen molar-refractivity contribution in [3.05, 3.63) is 35.9 Å². The Bertz CT molecular complexity index is 415. The van der Waals surface area contributed by atoms with Gasteiger partial charge in [0.05, 0.1) is 14.2 Å². The van der Waals surface area contributed by atoms with Gasteiger partial charge in [-0.15, -0.1) is 0 Å². The molecule has 18 heavy (non-hydrogen) atoms. The third-order valence-electron chi connectivity index (χ3n) is 3.07. The Balaban J connectivity index is 2.92. The van der Waals surface area contributed by atoms with E-state index in [2.05, 4.69) is 31.5 Å². The van der Waals surface area contributed by atoms with Crippen LogP contribution >= 0.6 is 0 Å². The van der Waals surface area contributed by atoms with Crippen molar-refractivity contribution in [3.63, 3.8) is 0 Å². The van der Waals surface area contributed by atoms with Crippen molar-refractivity contribution in [2.75, 3.05) is 27.8 Å². The molecule has 1 rings (SSSR count). The topological polar surface area (TPSA) is 21.7 Å². The average molecular weight is 249 g/mol. The third kappa shape index (κ3) is 3.50. The lowest BCUT2D eigenvalue weighted by Gasteiger charge is -2.25. The van der Waals surface area contributed by atoms with Crippen LogP contribution in [-0.2, 0) is 0 Å². The molecule has 3 heteroatoms. The number of methoxy groups -OCH3 is 2. The summed E-state index contributed by atoms with van der Waals surface area (Å²) in [7, 11) is 5.40. The molecule has 0 saturated carbocycles. The molecule has 100 valence electrons. The molecule has 0 aliphatic carbocycles. The van der Waals surface area contributed by atoms with Crippen LogP contribution < -0.4 is 9.47 Å². The zero-order valence-corrected chi connectivity index (χ0v) is 12.0. The summed E-state index contributed by atoms with van der Waals surface area (Å²) in [5.74, 6) is 1.53. The van der Waals surface area contributed by atoms with Gasteiger partial charge in [0, 0.05) is 12.6 Å². The summed E-state index contributed by atoms with van der Waals surface area (Å²) in [5, 5.41) is 0. The van der Waals surface area contributed by atoms with Crippen LogP contribution in [0.2, 0.25) is 0 Å². The van der Waals surface area contributed by atoms with E-state index in [0.29, 0.717) is 6.04 Å². The number of nitrogens with zero attached hydrogens (tertiary/aromatic N) is 1. The first-order chi connectivity index (χ1) is 8.49. The van der Waals surface area contributed by atoms with Crippen LogP contribution in [0.1, 0.15) is 25.5 Å². The van der Waals surface area contributed by atoms with Gasteiger partial charge in [0.15, 0.2) is 11.5 Å². The summed E-state index contributed by atoms with van der Waals surface area (Å²) in [5.41, 5.74) is 2.36. The highest BCUT2D eigenvalue weighted by Gasteiger charge is 2.14. The summed E-state index contributed by atoms with van der Waals surface area (Å²) in [4.78, 5) is 2.25. The molecular weight excluding hydrogens is 226 g/mol. The zero-order valence-electron chi connectivity index (χ0n) is 12.0. The number of hydrogen-bond donors (Lipinski definition) is 0. The van der Waals surface area contributed by atoms with E-state index in [9.17, 15) is 0 Å². The predicted molar refractivity (Wildman–Crippen MR) is 75.4 cm³/mol. The van der Waals surface area contributed by atoms with Gasteiger partial charge in [0.2, 0.25) is 0 Å². The molecule has 0 saturated heterocycles. The molecule has 0 aromatic heterocycles. The largest absolute Gasteiger partial charge is 0.493 e. The highest BCUT2D eigenvalue weighted by Crippen LogP contribution is 2.31. The molecule has 3 nitrogen and oxygen atoms in total. The Kier molecular flexibility index (Phi) is 5.23. The van der Waals surface area contributed by atoms with E-state index in [1.54, 1.807) is 14.2 Å². The van der Waals surface area contributed by atoms with E-state index in [1.807, 2.05) is 19.1 Å². The lowest BCUT2D eigenvalue weighted by atomic mass is 10.1. The zero-order chi connectivity index (χ0) is 13.7. The molecule has 1 aromatic carbocycles. The normalized spacial score (nSPS) is 12.3. The van der Waals surface area contributed by atoms with Crippen molar-refractivity contribution in [1.82, 2.24) is 4.90 Å². The van der Waals surface area contributed by atoms with Gasteiger partial charge in [-0.05, 0) is 38.6 Å². The third-order valence-corrected chi connectivity index (χ3v) is 3.07. The molecular formula is C15H23NO2. The van der Waals surface area contributed by atoms with Gasteiger partial charge in [-0.3, -0.25) is 4.90 Å². The summed E-state index contributed by atoms with van der Waals surface area (Å²) < 4.78 is 10.6. The highest BCUT2D eigenvalue weighted by atomic mass is 16.5. The molecule has 1 aromatic rings. The first-order valence-corrected chi connectivity index (χ1v) is 6.06. The minimum absolute atomic E-state index is 0.307. The molecule has 0 heterocycles. The van der Waals surface area contributed by atoms with Crippen LogP contribution in [0.5, 0.6) is 11.5 Å². The van der Waals surface area contributed by atoms with Crippen LogP contribution in [0.25, 0.3) is 0 Å². The second-order valence-corrected chi connectivity index (χ2v) is 4.66. The Morgan fingerprint density at radius 3 is 2.39 bits per heavy atom. The van der Waals surface area contributed by atoms with Gasteiger partial charge >= 0.3 is 0 Å². The van der Waals surface area contributed by atoms with Gasteiger partial charge in [-0.2, -0.15) is 0 Å². The van der Waals surface area contributed by atoms with Crippen LogP contribution in [0.4, 0.5) is 0 Å². The minimum Gasteiger partial charge on any atom is -0.493 e. The molecule has 0 radical (unpaired) electrons. The van der Waals surface area contributed by atoms with Crippen molar-refractivity contribution in [2.24, 2.45) is 0 Å². The van der Waals surface area contributed by atoms with E-state index < -0.39 is 0 Å². The summed E-state index contributed by atoms with van der Waals surface area (Å²) in [6, 6.07) is 6.35. The summed E-state index contributed by atoms with van der Waals surface area (Å²) in [6.45, 7) is 9.04. The molecule has 0 amide bonds. The number of rotatable bonds is 6. The van der Waals surface area contributed by atoms with Crippen molar-refractivity contribution in [3.8, 4) is 11.5 Å². The highest BCUT2D eigenvalue weighted by molar-refractivity contribution is 5.43. The smallest absolute Gasteiger partial charge is 0.161 e. The maximum atomic E-state index is 5.33. The monoisotopic (exact) mass is 249 g/mol. The number of hydrogen-bond acceptors (Lipinski definition) is 3. The van der Waals surface area contributed by atoms with Crippen LogP contribution in [0.15, 0.2) is 30.4 Å². The van der Waals surface area contributed by atoms with Gasteiger partial charge in [0.1, 0.15) is 0 Å². The fraction of sp³-hybridized carbons (Fsp3) is 0.467. The van der Waals surface area contributed by atoms with Gasteiger partial charge in [-0.25, -0.2) is 0 Å². The number of likely N-dealkylation sites (N-methyl/N-ethyl adjacent to an activating group) is 1. The van der Waals surface area contributed by atoms with Crippen LogP contribution in [0, 0.1) is 0 Å². The Labute approximate surface area is 110 Å². The minimum atomic E-state index is 0.307. The first kappa shape index (κ1) is 14.6. The fourth-order valence-electron chi connectivity index (χ4n) is 1.93. The van der Waals surface area contributed by atoms with Crippen LogP contribution in [-0.4, -0.2) is 32.7 Å². The molecule has 0 N–H and O–H groups in total. The standard InChI is InChI=1S/C15H23NO2/c1-11(2)10-16(4)12(3)13-7-8-14(17-5)15(9-13)18-6/h7-9,12H,1,10H2,2-6H3. The number of benzene rings is 1. The summed E-state index contributed by atoms with van der Waals surface area (Å²) >= 11 is 0. The van der Waals surface area contributed by atoms with E-state index in [1.165, 1.54) is 5.56 Å². The van der Waals surface area contributed by atoms with E-state index >= 15 is 0 Å². The molecule has 1 atom stereocenters. The predicted octanol–water partition coefficient (Wildman–Crippen LogP) is 3.27. The first-order valence-electron chi connectivity index (χ1n) is 6.06. The average Bonchev–Trinajstić information content (AvgIpc) is 2.36. The van der Waals surface area contributed by atoms with Gasteiger partial charge in [0.25, 0.3) is 0 Å². The fourth-order valence-corrected chi connectivity index (χ4v) is 1.93. The Hall–Kier alpha value is -1.48. The van der Waals surface area contributed by atoms with Crippen molar-refractivity contribution < 1.29 is 9.47 Å². The lowest BCUT2D eigenvalue weighted by Crippen LogP contribution is -2.24. The Morgan fingerprint density at radius 1 is 1.28 bits per heavy atom. The maximum Gasteiger partial charge on any atom is 0.161 e. The van der Waals surface area contributed by atoms with Crippen molar-refractivity contribution in [1.29, 1.82) is 0 Å². The second-order valence-electron chi connectivity index (χ2n) is 4.66. The van der Waals surface area contributed by atoms with Gasteiger partial charge in [-0.1, -0.05) is 18.2 Å². The number of ether oxygens (including phenoxy) is 2. The molecule has 0 fully saturated rings. The van der Waals surface area contributed by atoms with Gasteiger partial charge < -0.3 is 9.47 Å². The summed E-state index contributed by atoms with van der Waals surface area (Å²) in [6.07, 6.45) is 0. The molecule has 0 aliphatic heterocycles. The van der Waals surface area contributed by atoms with E-state index in [-0.39, 0.29) is 0 Å². The lowest BCUT2D eigenvalue weighted by molar-refractivity contribution is 0.282. The van der Waals surface area contributed by atoms with Crippen molar-refractivity contribution >= 4 is 0 Å². The molecule has 0 aliphatic rings. The SMILES string of the molecule is C=C(C)CN(C)C(C)c1ccc(OC)c(OC)c1. The van der Waals surface area contributed by atoms with E-state index in [0.717, 1.165) is 23.6 Å². The second kappa shape index (κ2) is 6.45.